The molecule has 0 radical (unpaired) electrons. The first-order valence-electron chi connectivity index (χ1n) is 3.61. The van der Waals surface area contributed by atoms with Crippen molar-refractivity contribution >= 4 is 11.8 Å². The van der Waals surface area contributed by atoms with Gasteiger partial charge >= 0.3 is 0 Å². The second-order valence-electron chi connectivity index (χ2n) is 2.73. The van der Waals surface area contributed by atoms with Crippen molar-refractivity contribution in [3.8, 4) is 0 Å². The summed E-state index contributed by atoms with van der Waals surface area (Å²) in [6.45, 7) is 1.81. The maximum atomic E-state index is 5.23. The van der Waals surface area contributed by atoms with E-state index in [1.165, 1.54) is 16.3 Å². The average molecular weight is 165 g/mol. The van der Waals surface area contributed by atoms with E-state index in [1.807, 2.05) is 6.26 Å². The molecule has 11 heavy (non-hydrogen) atoms. The van der Waals surface area contributed by atoms with Crippen LogP contribution >= 0.6 is 11.8 Å². The van der Waals surface area contributed by atoms with Crippen LogP contribution in [0.3, 0.4) is 0 Å². The molecule has 0 atom stereocenters. The third-order valence-corrected chi connectivity index (χ3v) is 3.12. The van der Waals surface area contributed by atoms with Gasteiger partial charge < -0.3 is 9.64 Å². The summed E-state index contributed by atoms with van der Waals surface area (Å²) in [4.78, 5) is 2.28. The molecule has 56 valence electrons. The normalized spacial score (nSPS) is 25.5. The van der Waals surface area contributed by atoms with Crippen molar-refractivity contribution in [2.45, 2.75) is 0 Å². The van der Waals surface area contributed by atoms with Crippen molar-refractivity contribution < 1.29 is 4.74 Å². The van der Waals surface area contributed by atoms with Gasteiger partial charge in [0, 0.05) is 12.1 Å². The Kier molecular flexibility index (Phi) is 0.973. The fourth-order valence-electron chi connectivity index (χ4n) is 1.41. The quantitative estimate of drug-likeness (QED) is 0.541. The zero-order valence-electron chi connectivity index (χ0n) is 5.91. The molecule has 0 saturated heterocycles. The molecule has 0 saturated carbocycles. The predicted molar refractivity (Wildman–Crippen MR) is 44.5 cm³/mol. The first-order valence-corrected chi connectivity index (χ1v) is 4.49. The highest BCUT2D eigenvalue weighted by molar-refractivity contribution is 8.05. The van der Waals surface area contributed by atoms with E-state index in [-0.39, 0.29) is 0 Å². The van der Waals surface area contributed by atoms with Gasteiger partial charge in [0.15, 0.2) is 0 Å². The molecule has 3 aliphatic rings. The van der Waals surface area contributed by atoms with Crippen LogP contribution in [0.4, 0.5) is 0 Å². The summed E-state index contributed by atoms with van der Waals surface area (Å²) in [5.41, 5.74) is 2.59. The molecule has 0 spiro atoms. The van der Waals surface area contributed by atoms with Crippen molar-refractivity contribution in [2.24, 2.45) is 0 Å². The van der Waals surface area contributed by atoms with Gasteiger partial charge in [0.25, 0.3) is 0 Å². The molecule has 2 nitrogen and oxygen atoms in total. The van der Waals surface area contributed by atoms with Crippen molar-refractivity contribution in [1.82, 2.24) is 4.90 Å². The topological polar surface area (TPSA) is 12.5 Å². The minimum Gasteiger partial charge on any atom is -0.494 e. The lowest BCUT2D eigenvalue weighted by molar-refractivity contribution is 0.300. The van der Waals surface area contributed by atoms with Gasteiger partial charge in [0.1, 0.15) is 12.9 Å². The smallest absolute Gasteiger partial charge is 0.115 e. The Balaban J connectivity index is 2.10. The maximum Gasteiger partial charge on any atom is 0.115 e. The van der Waals surface area contributed by atoms with Gasteiger partial charge in [-0.05, 0) is 11.5 Å². The Morgan fingerprint density at radius 1 is 1.55 bits per heavy atom. The third kappa shape index (κ3) is 0.639. The van der Waals surface area contributed by atoms with Gasteiger partial charge in [-0.2, -0.15) is 0 Å². The number of hydrogen-bond donors (Lipinski definition) is 0. The molecule has 3 aliphatic heterocycles. The molecule has 0 aromatic carbocycles. The molecule has 0 N–H and O–H groups in total. The number of fused-ring (bicyclic) bond motifs is 3. The molecule has 0 amide bonds. The summed E-state index contributed by atoms with van der Waals surface area (Å²) in [6, 6.07) is 0. The van der Waals surface area contributed by atoms with Crippen LogP contribution in [0.15, 0.2) is 34.0 Å². The molecule has 3 rings (SSSR count). The molecular weight excluding hydrogens is 158 g/mol. The molecule has 0 aromatic heterocycles. The van der Waals surface area contributed by atoms with Crippen molar-refractivity contribution in [3.63, 3.8) is 0 Å². The SMILES string of the molecule is C1=C2COC=C2N2CC=C2S1. The number of hydrogen-bond acceptors (Lipinski definition) is 3. The van der Waals surface area contributed by atoms with Crippen LogP contribution < -0.4 is 0 Å². The van der Waals surface area contributed by atoms with Crippen LogP contribution in [-0.4, -0.2) is 18.1 Å². The van der Waals surface area contributed by atoms with Crippen LogP contribution in [-0.2, 0) is 4.74 Å². The Morgan fingerprint density at radius 3 is 3.36 bits per heavy atom. The molecule has 0 aliphatic carbocycles. The van der Waals surface area contributed by atoms with Gasteiger partial charge in [0.2, 0.25) is 0 Å². The lowest BCUT2D eigenvalue weighted by Gasteiger charge is -2.35. The zero-order chi connectivity index (χ0) is 7.26. The van der Waals surface area contributed by atoms with E-state index in [2.05, 4.69) is 16.4 Å². The molecule has 3 heteroatoms. The molecular formula is C8H7NOS. The fourth-order valence-corrected chi connectivity index (χ4v) is 2.33. The summed E-state index contributed by atoms with van der Waals surface area (Å²) < 4.78 is 5.23. The highest BCUT2D eigenvalue weighted by Crippen LogP contribution is 2.41. The number of rotatable bonds is 0. The van der Waals surface area contributed by atoms with Crippen LogP contribution in [0.2, 0.25) is 0 Å². The third-order valence-electron chi connectivity index (χ3n) is 2.09. The van der Waals surface area contributed by atoms with Gasteiger partial charge in [-0.1, -0.05) is 11.8 Å². The van der Waals surface area contributed by atoms with Gasteiger partial charge in [0.05, 0.1) is 10.7 Å². The first-order chi connectivity index (χ1) is 5.45. The van der Waals surface area contributed by atoms with Crippen molar-refractivity contribution in [2.75, 3.05) is 13.2 Å². The minimum absolute atomic E-state index is 0.756. The lowest BCUT2D eigenvalue weighted by atomic mass is 10.2. The van der Waals surface area contributed by atoms with E-state index in [4.69, 9.17) is 4.74 Å². The van der Waals surface area contributed by atoms with E-state index in [0.29, 0.717) is 0 Å². The van der Waals surface area contributed by atoms with E-state index in [0.717, 1.165) is 13.2 Å². The maximum absolute atomic E-state index is 5.23. The summed E-state index contributed by atoms with van der Waals surface area (Å²) in [5, 5.41) is 3.53. The Hall–Kier alpha value is -0.830. The zero-order valence-corrected chi connectivity index (χ0v) is 6.73. The second kappa shape index (κ2) is 1.85. The molecule has 0 fully saturated rings. The van der Waals surface area contributed by atoms with Gasteiger partial charge in [-0.25, -0.2) is 0 Å². The average Bonchev–Trinajstić information content (AvgIpc) is 2.34. The Morgan fingerprint density at radius 2 is 2.55 bits per heavy atom. The van der Waals surface area contributed by atoms with E-state index < -0.39 is 0 Å². The Labute approximate surface area is 69.2 Å². The molecule has 0 unspecified atom stereocenters. The van der Waals surface area contributed by atoms with Crippen LogP contribution in [0, 0.1) is 0 Å². The molecule has 0 aromatic rings. The highest BCUT2D eigenvalue weighted by atomic mass is 32.2. The fraction of sp³-hybridized carbons (Fsp3) is 0.250. The van der Waals surface area contributed by atoms with E-state index in [1.54, 1.807) is 11.8 Å². The standard InChI is InChI=1S/C8H7NOS/c1-2-9-7-4-10-3-6(7)5-11-8(1)9/h1,4-5H,2-3H2. The summed E-state index contributed by atoms with van der Waals surface area (Å²) in [7, 11) is 0. The van der Waals surface area contributed by atoms with Crippen LogP contribution in [0.25, 0.3) is 0 Å². The monoisotopic (exact) mass is 165 g/mol. The summed E-state index contributed by atoms with van der Waals surface area (Å²) in [5.74, 6) is 0. The van der Waals surface area contributed by atoms with Gasteiger partial charge in [-0.15, -0.1) is 0 Å². The molecule has 3 heterocycles. The summed E-state index contributed by atoms with van der Waals surface area (Å²) >= 11 is 1.79. The first kappa shape index (κ1) is 5.77. The Bertz CT molecular complexity index is 303. The van der Waals surface area contributed by atoms with Crippen molar-refractivity contribution in [3.05, 3.63) is 34.0 Å². The number of ether oxygens (including phenoxy) is 1. The van der Waals surface area contributed by atoms with E-state index in [9.17, 15) is 0 Å². The van der Waals surface area contributed by atoms with Crippen LogP contribution in [0.5, 0.6) is 0 Å². The summed E-state index contributed by atoms with van der Waals surface area (Å²) in [6.07, 6.45) is 4.09. The van der Waals surface area contributed by atoms with Gasteiger partial charge in [-0.3, -0.25) is 0 Å². The lowest BCUT2D eigenvalue weighted by Crippen LogP contribution is -2.31. The highest BCUT2D eigenvalue weighted by Gasteiger charge is 2.30. The van der Waals surface area contributed by atoms with Crippen LogP contribution in [0.1, 0.15) is 0 Å². The molecule has 0 bridgehead atoms. The predicted octanol–water partition coefficient (Wildman–Crippen LogP) is 1.65. The largest absolute Gasteiger partial charge is 0.494 e. The minimum atomic E-state index is 0.756. The number of thioether (sulfide) groups is 1. The second-order valence-corrected chi connectivity index (χ2v) is 3.62. The number of nitrogens with zero attached hydrogens (tertiary/aromatic N) is 1. The van der Waals surface area contributed by atoms with Crippen molar-refractivity contribution in [1.29, 1.82) is 0 Å². The van der Waals surface area contributed by atoms with E-state index >= 15 is 0 Å².